The van der Waals surface area contributed by atoms with Gasteiger partial charge in [-0.3, -0.25) is 4.79 Å². The third-order valence-corrected chi connectivity index (χ3v) is 3.81. The first kappa shape index (κ1) is 13.9. The predicted molar refractivity (Wildman–Crippen MR) is 80.6 cm³/mol. The first-order valence-electron chi connectivity index (χ1n) is 6.88. The van der Waals surface area contributed by atoms with E-state index in [1.165, 1.54) is 0 Å². The lowest BCUT2D eigenvalue weighted by molar-refractivity contribution is 0.0713. The van der Waals surface area contributed by atoms with Gasteiger partial charge in [-0.2, -0.15) is 0 Å². The number of furan rings is 1. The molecule has 6 heteroatoms. The summed E-state index contributed by atoms with van der Waals surface area (Å²) in [7, 11) is 0. The number of carbonyl (C=O) groups is 1. The molecule has 2 aromatic heterocycles. The molecule has 0 radical (unpaired) electrons. The van der Waals surface area contributed by atoms with E-state index in [-0.39, 0.29) is 11.8 Å². The molecule has 0 N–H and O–H groups in total. The van der Waals surface area contributed by atoms with Gasteiger partial charge in [0.15, 0.2) is 5.76 Å². The topological polar surface area (TPSA) is 49.6 Å². The first-order valence-corrected chi connectivity index (χ1v) is 7.41. The molecule has 0 unspecified atom stereocenters. The van der Waals surface area contributed by atoms with Gasteiger partial charge in [0, 0.05) is 32.4 Å². The van der Waals surface area contributed by atoms with E-state index in [9.17, 15) is 4.79 Å². The summed E-state index contributed by atoms with van der Waals surface area (Å²) < 4.78 is 5.41. The molecule has 1 fully saturated rings. The second-order valence-corrected chi connectivity index (χ2v) is 5.13. The lowest BCUT2D eigenvalue weighted by atomic mass is 10.2. The molecule has 0 bridgehead atoms. The van der Waals surface area contributed by atoms with E-state index in [0.717, 1.165) is 18.9 Å². The molecule has 5 nitrogen and oxygen atoms in total. The van der Waals surface area contributed by atoms with Crippen molar-refractivity contribution in [3.05, 3.63) is 48.0 Å². The van der Waals surface area contributed by atoms with Crippen LogP contribution in [0.5, 0.6) is 0 Å². The SMILES string of the molecule is O=C(c1ccc(CCl)o1)N1CCN(c2ccccn2)CC1. The van der Waals surface area contributed by atoms with Crippen molar-refractivity contribution in [2.75, 3.05) is 31.1 Å². The lowest BCUT2D eigenvalue weighted by Crippen LogP contribution is -2.49. The molecule has 1 amide bonds. The average molecular weight is 306 g/mol. The van der Waals surface area contributed by atoms with Crippen LogP contribution in [-0.4, -0.2) is 42.0 Å². The van der Waals surface area contributed by atoms with Crippen LogP contribution in [-0.2, 0) is 5.88 Å². The summed E-state index contributed by atoms with van der Waals surface area (Å²) in [5.74, 6) is 2.13. The van der Waals surface area contributed by atoms with Gasteiger partial charge in [-0.05, 0) is 24.3 Å². The second kappa shape index (κ2) is 6.18. The summed E-state index contributed by atoms with van der Waals surface area (Å²) in [5.41, 5.74) is 0. The maximum absolute atomic E-state index is 12.3. The van der Waals surface area contributed by atoms with Gasteiger partial charge in [0.1, 0.15) is 11.6 Å². The van der Waals surface area contributed by atoms with E-state index in [1.54, 1.807) is 23.2 Å². The predicted octanol–water partition coefficient (Wildman–Crippen LogP) is 2.38. The number of amides is 1. The van der Waals surface area contributed by atoms with Crippen molar-refractivity contribution in [3.8, 4) is 0 Å². The van der Waals surface area contributed by atoms with Crippen molar-refractivity contribution < 1.29 is 9.21 Å². The Bertz CT molecular complexity index is 606. The van der Waals surface area contributed by atoms with Gasteiger partial charge < -0.3 is 14.2 Å². The smallest absolute Gasteiger partial charge is 0.289 e. The fourth-order valence-corrected chi connectivity index (χ4v) is 2.54. The molecule has 0 saturated carbocycles. The van der Waals surface area contributed by atoms with Crippen molar-refractivity contribution in [1.82, 2.24) is 9.88 Å². The number of pyridine rings is 1. The van der Waals surface area contributed by atoms with Crippen molar-refractivity contribution >= 4 is 23.3 Å². The average Bonchev–Trinajstić information content (AvgIpc) is 3.04. The molecule has 3 heterocycles. The number of alkyl halides is 1. The molecule has 1 aliphatic rings. The van der Waals surface area contributed by atoms with E-state index in [1.807, 2.05) is 18.2 Å². The highest BCUT2D eigenvalue weighted by atomic mass is 35.5. The molecular formula is C15H16ClN3O2. The number of aromatic nitrogens is 1. The van der Waals surface area contributed by atoms with Crippen LogP contribution in [0, 0.1) is 0 Å². The molecule has 1 aliphatic heterocycles. The van der Waals surface area contributed by atoms with Crippen molar-refractivity contribution in [1.29, 1.82) is 0 Å². The highest BCUT2D eigenvalue weighted by Crippen LogP contribution is 2.16. The highest BCUT2D eigenvalue weighted by molar-refractivity contribution is 6.16. The zero-order chi connectivity index (χ0) is 14.7. The van der Waals surface area contributed by atoms with Crippen LogP contribution in [0.2, 0.25) is 0 Å². The number of hydrogen-bond donors (Lipinski definition) is 0. The summed E-state index contributed by atoms with van der Waals surface area (Å²) in [4.78, 5) is 20.6. The maximum Gasteiger partial charge on any atom is 0.289 e. The molecule has 1 saturated heterocycles. The van der Waals surface area contributed by atoms with Gasteiger partial charge in [-0.15, -0.1) is 11.6 Å². The Morgan fingerprint density at radius 2 is 2.00 bits per heavy atom. The van der Waals surface area contributed by atoms with E-state index < -0.39 is 0 Å². The van der Waals surface area contributed by atoms with E-state index >= 15 is 0 Å². The fourth-order valence-electron chi connectivity index (χ4n) is 2.40. The summed E-state index contributed by atoms with van der Waals surface area (Å²) in [6.45, 7) is 2.86. The van der Waals surface area contributed by atoms with Gasteiger partial charge in [-0.25, -0.2) is 4.98 Å². The van der Waals surface area contributed by atoms with Crippen molar-refractivity contribution in [2.45, 2.75) is 5.88 Å². The number of piperazine rings is 1. The standard InChI is InChI=1S/C15H16ClN3O2/c16-11-12-4-5-13(21-12)15(20)19-9-7-18(8-10-19)14-3-1-2-6-17-14/h1-6H,7-11H2. The summed E-state index contributed by atoms with van der Waals surface area (Å²) in [6, 6.07) is 9.28. The van der Waals surface area contributed by atoms with Gasteiger partial charge in [0.25, 0.3) is 5.91 Å². The normalized spacial score (nSPS) is 15.3. The largest absolute Gasteiger partial charge is 0.455 e. The molecule has 0 atom stereocenters. The van der Waals surface area contributed by atoms with Crippen LogP contribution in [0.15, 0.2) is 40.9 Å². The zero-order valence-electron chi connectivity index (χ0n) is 11.5. The highest BCUT2D eigenvalue weighted by Gasteiger charge is 2.24. The van der Waals surface area contributed by atoms with Crippen molar-refractivity contribution in [2.24, 2.45) is 0 Å². The molecule has 0 aliphatic carbocycles. The summed E-state index contributed by atoms with van der Waals surface area (Å²) in [5, 5.41) is 0. The summed E-state index contributed by atoms with van der Waals surface area (Å²) in [6.07, 6.45) is 1.78. The van der Waals surface area contributed by atoms with Gasteiger partial charge >= 0.3 is 0 Å². The minimum absolute atomic E-state index is 0.0768. The van der Waals surface area contributed by atoms with Crippen LogP contribution in [0.4, 0.5) is 5.82 Å². The maximum atomic E-state index is 12.3. The van der Waals surface area contributed by atoms with Crippen LogP contribution < -0.4 is 4.90 Å². The van der Waals surface area contributed by atoms with E-state index in [2.05, 4.69) is 9.88 Å². The Kier molecular flexibility index (Phi) is 4.10. The Balaban J connectivity index is 1.61. The Morgan fingerprint density at radius 1 is 1.19 bits per heavy atom. The van der Waals surface area contributed by atoms with Crippen LogP contribution in [0.25, 0.3) is 0 Å². The number of hydrogen-bond acceptors (Lipinski definition) is 4. The molecule has 110 valence electrons. The Labute approximate surface area is 128 Å². The quantitative estimate of drug-likeness (QED) is 0.817. The van der Waals surface area contributed by atoms with Gasteiger partial charge in [0.05, 0.1) is 5.88 Å². The molecule has 3 rings (SSSR count). The third-order valence-electron chi connectivity index (χ3n) is 3.54. The first-order chi connectivity index (χ1) is 10.3. The van der Waals surface area contributed by atoms with E-state index in [0.29, 0.717) is 24.6 Å². The summed E-state index contributed by atoms with van der Waals surface area (Å²) >= 11 is 5.69. The Hall–Kier alpha value is -2.01. The molecule has 2 aromatic rings. The monoisotopic (exact) mass is 305 g/mol. The molecular weight excluding hydrogens is 290 g/mol. The van der Waals surface area contributed by atoms with Gasteiger partial charge in [0.2, 0.25) is 0 Å². The molecule has 21 heavy (non-hydrogen) atoms. The lowest BCUT2D eigenvalue weighted by Gasteiger charge is -2.34. The number of carbonyl (C=O) groups excluding carboxylic acids is 1. The minimum atomic E-state index is -0.0768. The number of rotatable bonds is 3. The van der Waals surface area contributed by atoms with Crippen LogP contribution in [0.1, 0.15) is 16.3 Å². The second-order valence-electron chi connectivity index (χ2n) is 4.87. The number of nitrogens with zero attached hydrogens (tertiary/aromatic N) is 3. The number of anilines is 1. The fraction of sp³-hybridized carbons (Fsp3) is 0.333. The van der Waals surface area contributed by atoms with Crippen LogP contribution >= 0.6 is 11.6 Å². The third kappa shape index (κ3) is 3.03. The Morgan fingerprint density at radius 3 is 2.62 bits per heavy atom. The molecule has 0 spiro atoms. The minimum Gasteiger partial charge on any atom is -0.455 e. The number of halogens is 1. The zero-order valence-corrected chi connectivity index (χ0v) is 12.3. The van der Waals surface area contributed by atoms with E-state index in [4.69, 9.17) is 16.0 Å². The molecule has 0 aromatic carbocycles. The van der Waals surface area contributed by atoms with Gasteiger partial charge in [-0.1, -0.05) is 6.07 Å². The van der Waals surface area contributed by atoms with Crippen molar-refractivity contribution in [3.63, 3.8) is 0 Å². The van der Waals surface area contributed by atoms with Crippen LogP contribution in [0.3, 0.4) is 0 Å².